The smallest absolute Gasteiger partial charge is 0.465 e. The Balaban J connectivity index is 1.86. The molecule has 2 aromatic rings. The Bertz CT molecular complexity index is 826. The molecular formula is C18H18BNO5. The van der Waals surface area contributed by atoms with Crippen molar-refractivity contribution in [3.05, 3.63) is 59.1 Å². The Hall–Kier alpha value is -2.64. The van der Waals surface area contributed by atoms with E-state index in [4.69, 9.17) is 4.42 Å². The molecule has 0 unspecified atom stereocenters. The van der Waals surface area contributed by atoms with E-state index in [0.717, 1.165) is 17.8 Å². The van der Waals surface area contributed by atoms with Crippen LogP contribution in [0.15, 0.2) is 46.6 Å². The van der Waals surface area contributed by atoms with E-state index in [1.165, 1.54) is 23.8 Å². The van der Waals surface area contributed by atoms with Crippen molar-refractivity contribution in [2.24, 2.45) is 0 Å². The molecule has 0 atom stereocenters. The second-order valence-corrected chi connectivity index (χ2v) is 6.05. The van der Waals surface area contributed by atoms with Gasteiger partial charge in [-0.15, -0.1) is 0 Å². The number of hydrogen-bond donors (Lipinski definition) is 2. The molecule has 0 saturated heterocycles. The van der Waals surface area contributed by atoms with Crippen molar-refractivity contribution in [3.8, 4) is 0 Å². The zero-order chi connectivity index (χ0) is 18.0. The van der Waals surface area contributed by atoms with Crippen LogP contribution in [0.3, 0.4) is 0 Å². The van der Waals surface area contributed by atoms with Gasteiger partial charge in [0.15, 0.2) is 0 Å². The Kier molecular flexibility index (Phi) is 4.87. The molecule has 0 bridgehead atoms. The third kappa shape index (κ3) is 3.43. The van der Waals surface area contributed by atoms with Crippen LogP contribution in [-0.4, -0.2) is 47.3 Å². The van der Waals surface area contributed by atoms with Crippen LogP contribution >= 0.6 is 0 Å². The first-order valence-corrected chi connectivity index (χ1v) is 7.98. The summed E-state index contributed by atoms with van der Waals surface area (Å²) in [6.07, 6.45) is 2.86. The van der Waals surface area contributed by atoms with Crippen LogP contribution in [-0.2, 0) is 0 Å². The summed E-state index contributed by atoms with van der Waals surface area (Å²) in [6, 6.07) is 7.96. The molecule has 1 aliphatic rings. The lowest BCUT2D eigenvalue weighted by molar-refractivity contribution is 0.0772. The number of rotatable bonds is 4. The Morgan fingerprint density at radius 2 is 2.12 bits per heavy atom. The van der Waals surface area contributed by atoms with E-state index >= 15 is 0 Å². The third-order valence-electron chi connectivity index (χ3n) is 4.47. The van der Waals surface area contributed by atoms with Crippen molar-refractivity contribution in [1.29, 1.82) is 0 Å². The SMILES string of the molecule is CC1=C(c2ccco2)CN(C(=O)c2ccc(B(O)O)c(C=O)c2)CC1. The van der Waals surface area contributed by atoms with Crippen LogP contribution in [0, 0.1) is 0 Å². The highest BCUT2D eigenvalue weighted by molar-refractivity contribution is 6.60. The molecule has 1 aromatic heterocycles. The van der Waals surface area contributed by atoms with Gasteiger partial charge in [-0.25, -0.2) is 0 Å². The Morgan fingerprint density at radius 3 is 2.76 bits per heavy atom. The number of hydrogen-bond acceptors (Lipinski definition) is 5. The van der Waals surface area contributed by atoms with E-state index in [-0.39, 0.29) is 16.9 Å². The normalized spacial score (nSPS) is 14.6. The molecule has 2 heterocycles. The van der Waals surface area contributed by atoms with Gasteiger partial charge < -0.3 is 19.4 Å². The monoisotopic (exact) mass is 339 g/mol. The van der Waals surface area contributed by atoms with Crippen molar-refractivity contribution >= 4 is 30.3 Å². The number of furan rings is 1. The number of nitrogens with zero attached hydrogens (tertiary/aromatic N) is 1. The minimum atomic E-state index is -1.75. The van der Waals surface area contributed by atoms with Gasteiger partial charge in [-0.3, -0.25) is 9.59 Å². The first-order valence-electron chi connectivity index (χ1n) is 7.98. The highest BCUT2D eigenvalue weighted by atomic mass is 16.4. The van der Waals surface area contributed by atoms with Crippen molar-refractivity contribution < 1.29 is 24.1 Å². The number of carbonyl (C=O) groups is 2. The fourth-order valence-electron chi connectivity index (χ4n) is 3.00. The van der Waals surface area contributed by atoms with E-state index in [0.29, 0.717) is 24.9 Å². The van der Waals surface area contributed by atoms with Crippen molar-refractivity contribution in [2.75, 3.05) is 13.1 Å². The topological polar surface area (TPSA) is 91.0 Å². The van der Waals surface area contributed by atoms with Gasteiger partial charge in [0, 0.05) is 29.8 Å². The maximum atomic E-state index is 12.8. The largest absolute Gasteiger partial charge is 0.489 e. The minimum Gasteiger partial charge on any atom is -0.465 e. The van der Waals surface area contributed by atoms with E-state index in [1.807, 2.05) is 19.1 Å². The Morgan fingerprint density at radius 1 is 1.32 bits per heavy atom. The predicted octanol–water partition coefficient (Wildman–Crippen LogP) is 1.09. The van der Waals surface area contributed by atoms with Gasteiger partial charge in [0.05, 0.1) is 6.26 Å². The van der Waals surface area contributed by atoms with Gasteiger partial charge in [0.2, 0.25) is 0 Å². The molecule has 0 radical (unpaired) electrons. The zero-order valence-corrected chi connectivity index (χ0v) is 13.8. The van der Waals surface area contributed by atoms with Crippen LogP contribution in [0.1, 0.15) is 39.8 Å². The lowest BCUT2D eigenvalue weighted by Crippen LogP contribution is -2.37. The zero-order valence-electron chi connectivity index (χ0n) is 13.8. The number of benzene rings is 1. The van der Waals surface area contributed by atoms with Gasteiger partial charge in [0.1, 0.15) is 12.0 Å². The highest BCUT2D eigenvalue weighted by Gasteiger charge is 2.25. The number of aldehydes is 1. The summed E-state index contributed by atoms with van der Waals surface area (Å²) in [5.41, 5.74) is 2.69. The summed E-state index contributed by atoms with van der Waals surface area (Å²) in [5, 5.41) is 18.5. The lowest BCUT2D eigenvalue weighted by Gasteiger charge is -2.29. The molecular weight excluding hydrogens is 321 g/mol. The average Bonchev–Trinajstić information content (AvgIpc) is 3.15. The summed E-state index contributed by atoms with van der Waals surface area (Å²) < 4.78 is 5.46. The molecule has 1 aromatic carbocycles. The first kappa shape index (κ1) is 17.2. The second kappa shape index (κ2) is 7.08. The van der Waals surface area contributed by atoms with Gasteiger partial charge in [0.25, 0.3) is 5.91 Å². The molecule has 0 aliphatic carbocycles. The highest BCUT2D eigenvalue weighted by Crippen LogP contribution is 2.27. The van der Waals surface area contributed by atoms with E-state index < -0.39 is 7.12 Å². The standard InChI is InChI=1S/C18H18BNO5/c1-12-6-7-20(10-15(12)17-3-2-8-25-17)18(22)13-4-5-16(19(23)24)14(9-13)11-21/h2-5,8-9,11,23-24H,6-7,10H2,1H3. The van der Waals surface area contributed by atoms with Crippen molar-refractivity contribution in [1.82, 2.24) is 4.90 Å². The average molecular weight is 339 g/mol. The molecule has 128 valence electrons. The predicted molar refractivity (Wildman–Crippen MR) is 93.5 cm³/mol. The summed E-state index contributed by atoms with van der Waals surface area (Å²) in [5.74, 6) is 0.543. The molecule has 1 amide bonds. The minimum absolute atomic E-state index is 0.0807. The van der Waals surface area contributed by atoms with E-state index in [9.17, 15) is 19.6 Å². The summed E-state index contributed by atoms with van der Waals surface area (Å²) in [4.78, 5) is 25.7. The fraction of sp³-hybridized carbons (Fsp3) is 0.222. The second-order valence-electron chi connectivity index (χ2n) is 6.05. The van der Waals surface area contributed by atoms with E-state index in [1.54, 1.807) is 11.2 Å². The Labute approximate surface area is 145 Å². The summed E-state index contributed by atoms with van der Waals surface area (Å²) in [6.45, 7) is 3.04. The number of carbonyl (C=O) groups excluding carboxylic acids is 2. The lowest BCUT2D eigenvalue weighted by atomic mass is 9.76. The fourth-order valence-corrected chi connectivity index (χ4v) is 3.00. The quantitative estimate of drug-likeness (QED) is 0.643. The number of amides is 1. The van der Waals surface area contributed by atoms with Crippen LogP contribution in [0.2, 0.25) is 0 Å². The third-order valence-corrected chi connectivity index (χ3v) is 4.47. The van der Waals surface area contributed by atoms with Crippen molar-refractivity contribution in [2.45, 2.75) is 13.3 Å². The van der Waals surface area contributed by atoms with E-state index in [2.05, 4.69) is 0 Å². The molecule has 0 spiro atoms. The molecule has 0 fully saturated rings. The molecule has 2 N–H and O–H groups in total. The molecule has 25 heavy (non-hydrogen) atoms. The van der Waals surface area contributed by atoms with Crippen molar-refractivity contribution in [3.63, 3.8) is 0 Å². The van der Waals surface area contributed by atoms with Gasteiger partial charge in [-0.1, -0.05) is 11.6 Å². The van der Waals surface area contributed by atoms with Crippen LogP contribution in [0.4, 0.5) is 0 Å². The maximum Gasteiger partial charge on any atom is 0.489 e. The van der Waals surface area contributed by atoms with Gasteiger partial charge in [-0.2, -0.15) is 0 Å². The van der Waals surface area contributed by atoms with Gasteiger partial charge in [-0.05, 0) is 43.1 Å². The summed E-state index contributed by atoms with van der Waals surface area (Å²) in [7, 11) is -1.75. The van der Waals surface area contributed by atoms with Crippen LogP contribution < -0.4 is 5.46 Å². The maximum absolute atomic E-state index is 12.8. The molecule has 7 heteroatoms. The first-order chi connectivity index (χ1) is 12.0. The van der Waals surface area contributed by atoms with Crippen LogP contribution in [0.25, 0.3) is 5.57 Å². The summed E-state index contributed by atoms with van der Waals surface area (Å²) >= 11 is 0. The van der Waals surface area contributed by atoms with Gasteiger partial charge >= 0.3 is 7.12 Å². The molecule has 1 aliphatic heterocycles. The molecule has 0 saturated carbocycles. The molecule has 6 nitrogen and oxygen atoms in total. The molecule has 3 rings (SSSR count). The van der Waals surface area contributed by atoms with Crippen LogP contribution in [0.5, 0.6) is 0 Å².